The maximum Gasteiger partial charge on any atom is 0.243 e. The molecular formula is C22H28N2O4S. The SMILES string of the molecule is COc1ccc([C@H]2CCCN2Cc2cccc(S(=O)(=O)N3CCOCC3)c2)cc1. The first-order valence-corrected chi connectivity index (χ1v) is 11.6. The summed E-state index contributed by atoms with van der Waals surface area (Å²) < 4.78 is 38.0. The van der Waals surface area contributed by atoms with Crippen molar-refractivity contribution in [2.24, 2.45) is 0 Å². The van der Waals surface area contributed by atoms with Crippen molar-refractivity contribution in [3.63, 3.8) is 0 Å². The third-order valence-corrected chi connectivity index (χ3v) is 7.65. The van der Waals surface area contributed by atoms with Gasteiger partial charge >= 0.3 is 0 Å². The normalized spacial score (nSPS) is 21.3. The van der Waals surface area contributed by atoms with E-state index < -0.39 is 10.0 Å². The van der Waals surface area contributed by atoms with Gasteiger partial charge in [0.15, 0.2) is 0 Å². The summed E-state index contributed by atoms with van der Waals surface area (Å²) in [7, 11) is -1.80. The van der Waals surface area contributed by atoms with Crippen LogP contribution in [0.3, 0.4) is 0 Å². The summed E-state index contributed by atoms with van der Waals surface area (Å²) in [6.45, 7) is 3.49. The first kappa shape index (κ1) is 20.3. The third-order valence-electron chi connectivity index (χ3n) is 5.76. The largest absolute Gasteiger partial charge is 0.497 e. The Labute approximate surface area is 173 Å². The van der Waals surface area contributed by atoms with E-state index in [0.717, 1.165) is 37.2 Å². The minimum absolute atomic E-state index is 0.348. The number of sulfonamides is 1. The van der Waals surface area contributed by atoms with Gasteiger partial charge in [0.1, 0.15) is 5.75 Å². The van der Waals surface area contributed by atoms with Crippen molar-refractivity contribution in [2.75, 3.05) is 40.0 Å². The fourth-order valence-corrected chi connectivity index (χ4v) is 5.67. The third kappa shape index (κ3) is 4.48. The molecule has 0 aromatic heterocycles. The summed E-state index contributed by atoms with van der Waals surface area (Å²) in [5.74, 6) is 0.860. The number of likely N-dealkylation sites (tertiary alicyclic amines) is 1. The Morgan fingerprint density at radius 1 is 1.07 bits per heavy atom. The van der Waals surface area contributed by atoms with Crippen molar-refractivity contribution in [3.05, 3.63) is 59.7 Å². The molecule has 0 spiro atoms. The number of benzene rings is 2. The lowest BCUT2D eigenvalue weighted by atomic mass is 10.0. The predicted molar refractivity (Wildman–Crippen MR) is 111 cm³/mol. The monoisotopic (exact) mass is 416 g/mol. The van der Waals surface area contributed by atoms with Gasteiger partial charge in [-0.1, -0.05) is 24.3 Å². The average Bonchev–Trinajstić information content (AvgIpc) is 3.22. The molecule has 2 aliphatic rings. The van der Waals surface area contributed by atoms with E-state index in [9.17, 15) is 8.42 Å². The van der Waals surface area contributed by atoms with Crippen LogP contribution in [-0.2, 0) is 21.3 Å². The minimum atomic E-state index is -3.47. The van der Waals surface area contributed by atoms with E-state index in [0.29, 0.717) is 37.2 Å². The van der Waals surface area contributed by atoms with Gasteiger partial charge in [-0.15, -0.1) is 0 Å². The lowest BCUT2D eigenvalue weighted by Crippen LogP contribution is -2.40. The molecule has 2 aliphatic heterocycles. The van der Waals surface area contributed by atoms with Crippen LogP contribution in [0.4, 0.5) is 0 Å². The summed E-state index contributed by atoms with van der Waals surface area (Å²) in [5.41, 5.74) is 2.31. The Balaban J connectivity index is 1.51. The van der Waals surface area contributed by atoms with Crippen LogP contribution < -0.4 is 4.74 Å². The molecule has 7 heteroatoms. The highest BCUT2D eigenvalue weighted by molar-refractivity contribution is 7.89. The molecule has 0 amide bonds. The molecule has 2 fully saturated rings. The summed E-state index contributed by atoms with van der Waals surface area (Å²) in [6.07, 6.45) is 2.25. The van der Waals surface area contributed by atoms with Crippen LogP contribution in [0.2, 0.25) is 0 Å². The Hall–Kier alpha value is -1.93. The number of methoxy groups -OCH3 is 1. The van der Waals surface area contributed by atoms with E-state index in [1.807, 2.05) is 30.3 Å². The highest BCUT2D eigenvalue weighted by Gasteiger charge is 2.28. The maximum absolute atomic E-state index is 13.0. The molecule has 0 unspecified atom stereocenters. The zero-order valence-corrected chi connectivity index (χ0v) is 17.6. The van der Waals surface area contributed by atoms with Crippen molar-refractivity contribution in [1.82, 2.24) is 9.21 Å². The second kappa shape index (κ2) is 8.83. The topological polar surface area (TPSA) is 59.1 Å². The molecule has 0 aliphatic carbocycles. The van der Waals surface area contributed by atoms with E-state index in [4.69, 9.17) is 9.47 Å². The molecule has 4 rings (SSSR count). The van der Waals surface area contributed by atoms with E-state index in [2.05, 4.69) is 17.0 Å². The van der Waals surface area contributed by atoms with Gasteiger partial charge in [-0.25, -0.2) is 8.42 Å². The molecule has 156 valence electrons. The second-order valence-electron chi connectivity index (χ2n) is 7.57. The minimum Gasteiger partial charge on any atom is -0.497 e. The molecule has 2 aromatic rings. The zero-order valence-electron chi connectivity index (χ0n) is 16.8. The van der Waals surface area contributed by atoms with Crippen LogP contribution in [0.15, 0.2) is 53.4 Å². The highest BCUT2D eigenvalue weighted by atomic mass is 32.2. The van der Waals surface area contributed by atoms with Crippen molar-refractivity contribution in [2.45, 2.75) is 30.3 Å². The van der Waals surface area contributed by atoms with E-state index >= 15 is 0 Å². The van der Waals surface area contributed by atoms with Gasteiger partial charge in [0.05, 0.1) is 25.2 Å². The average molecular weight is 417 g/mol. The number of morpholine rings is 1. The predicted octanol–water partition coefficient (Wildman–Crippen LogP) is 3.05. The molecule has 29 heavy (non-hydrogen) atoms. The van der Waals surface area contributed by atoms with E-state index in [-0.39, 0.29) is 0 Å². The quantitative estimate of drug-likeness (QED) is 0.724. The molecule has 2 saturated heterocycles. The molecule has 1 atom stereocenters. The Morgan fingerprint density at radius 2 is 1.83 bits per heavy atom. The second-order valence-corrected chi connectivity index (χ2v) is 9.50. The van der Waals surface area contributed by atoms with Gasteiger partial charge in [0, 0.05) is 25.7 Å². The lowest BCUT2D eigenvalue weighted by Gasteiger charge is -2.27. The Bertz CT molecular complexity index is 924. The van der Waals surface area contributed by atoms with Crippen molar-refractivity contribution in [3.8, 4) is 5.75 Å². The van der Waals surface area contributed by atoms with Gasteiger partial charge < -0.3 is 9.47 Å². The summed E-state index contributed by atoms with van der Waals surface area (Å²) in [4.78, 5) is 2.81. The van der Waals surface area contributed by atoms with Gasteiger partial charge in [-0.2, -0.15) is 4.31 Å². The smallest absolute Gasteiger partial charge is 0.243 e. The first-order chi connectivity index (χ1) is 14.1. The van der Waals surface area contributed by atoms with Crippen LogP contribution in [0, 0.1) is 0 Å². The summed E-state index contributed by atoms with van der Waals surface area (Å²) >= 11 is 0. The first-order valence-electron chi connectivity index (χ1n) is 10.1. The Kier molecular flexibility index (Phi) is 6.20. The molecule has 2 heterocycles. The highest BCUT2D eigenvalue weighted by Crippen LogP contribution is 2.34. The van der Waals surface area contributed by atoms with Crippen molar-refractivity contribution >= 4 is 10.0 Å². The summed E-state index contributed by atoms with van der Waals surface area (Å²) in [6, 6.07) is 16.0. The van der Waals surface area contributed by atoms with E-state index in [1.54, 1.807) is 13.2 Å². The van der Waals surface area contributed by atoms with Gasteiger partial charge in [-0.05, 0) is 54.8 Å². The van der Waals surface area contributed by atoms with Crippen molar-refractivity contribution in [1.29, 1.82) is 0 Å². The lowest BCUT2D eigenvalue weighted by molar-refractivity contribution is 0.0730. The Morgan fingerprint density at radius 3 is 2.55 bits per heavy atom. The number of nitrogens with zero attached hydrogens (tertiary/aromatic N) is 2. The van der Waals surface area contributed by atoms with Crippen LogP contribution in [0.25, 0.3) is 0 Å². The fourth-order valence-electron chi connectivity index (χ4n) is 4.19. The molecule has 0 radical (unpaired) electrons. The maximum atomic E-state index is 13.0. The molecule has 6 nitrogen and oxygen atoms in total. The van der Waals surface area contributed by atoms with Crippen molar-refractivity contribution < 1.29 is 17.9 Å². The standard InChI is InChI=1S/C22H28N2O4S/c1-27-20-9-7-19(8-10-20)22-6-3-11-23(22)17-18-4-2-5-21(16-18)29(25,26)24-12-14-28-15-13-24/h2,4-5,7-10,16,22H,3,6,11-15,17H2,1H3/t22-/m1/s1. The fraction of sp³-hybridized carbons (Fsp3) is 0.455. The molecular weight excluding hydrogens is 388 g/mol. The van der Waals surface area contributed by atoms with Crippen LogP contribution in [0.1, 0.15) is 30.0 Å². The van der Waals surface area contributed by atoms with Gasteiger partial charge in [0.25, 0.3) is 0 Å². The zero-order chi connectivity index (χ0) is 20.3. The van der Waals surface area contributed by atoms with Crippen LogP contribution in [0.5, 0.6) is 5.75 Å². The van der Waals surface area contributed by atoms with Gasteiger partial charge in [-0.3, -0.25) is 4.90 Å². The number of hydrogen-bond donors (Lipinski definition) is 0. The molecule has 0 saturated carbocycles. The number of hydrogen-bond acceptors (Lipinski definition) is 5. The molecule has 2 aromatic carbocycles. The number of rotatable bonds is 6. The van der Waals surface area contributed by atoms with Crippen LogP contribution in [-0.4, -0.2) is 57.6 Å². The molecule has 0 N–H and O–H groups in total. The molecule has 0 bridgehead atoms. The van der Waals surface area contributed by atoms with Gasteiger partial charge in [0.2, 0.25) is 10.0 Å². The van der Waals surface area contributed by atoms with Crippen LogP contribution >= 0.6 is 0 Å². The summed E-state index contributed by atoms with van der Waals surface area (Å²) in [5, 5.41) is 0. The number of ether oxygens (including phenoxy) is 2. The van der Waals surface area contributed by atoms with E-state index in [1.165, 1.54) is 9.87 Å².